The van der Waals surface area contributed by atoms with Gasteiger partial charge in [0.15, 0.2) is 0 Å². The smallest absolute Gasteiger partial charge is 0.0685 e. The fourth-order valence-corrected chi connectivity index (χ4v) is 1.67. The van der Waals surface area contributed by atoms with Crippen molar-refractivity contribution >= 4 is 5.69 Å². The summed E-state index contributed by atoms with van der Waals surface area (Å²) >= 11 is 0. The zero-order valence-corrected chi connectivity index (χ0v) is 7.46. The zero-order chi connectivity index (χ0) is 9.26. The van der Waals surface area contributed by atoms with Crippen LogP contribution in [0.5, 0.6) is 0 Å². The molecular weight excluding hydrogens is 164 g/mol. The molecule has 0 spiro atoms. The maximum Gasteiger partial charge on any atom is 0.0685 e. The molecule has 1 aliphatic heterocycles. The third-order valence-electron chi connectivity index (χ3n) is 2.56. The molecule has 1 saturated heterocycles. The van der Waals surface area contributed by atoms with Crippen molar-refractivity contribution in [2.24, 2.45) is 0 Å². The van der Waals surface area contributed by atoms with Crippen LogP contribution in [0.2, 0.25) is 0 Å². The molecule has 1 aromatic rings. The molecular formula is C10H14N2O. The predicted octanol–water partition coefficient (Wildman–Crippen LogP) is 0.448. The van der Waals surface area contributed by atoms with Gasteiger partial charge in [0.2, 0.25) is 0 Å². The van der Waals surface area contributed by atoms with Gasteiger partial charge in [0.25, 0.3) is 0 Å². The SMILES string of the molecule is Nc1ccc(C2CNC2)c(CO)c1. The lowest BCUT2D eigenvalue weighted by Gasteiger charge is -2.29. The Morgan fingerprint density at radius 2 is 2.23 bits per heavy atom. The van der Waals surface area contributed by atoms with Gasteiger partial charge in [-0.05, 0) is 23.3 Å². The Bertz CT molecular complexity index is 308. The Morgan fingerprint density at radius 1 is 1.46 bits per heavy atom. The van der Waals surface area contributed by atoms with Gasteiger partial charge in [0, 0.05) is 24.7 Å². The van der Waals surface area contributed by atoms with E-state index in [9.17, 15) is 0 Å². The molecule has 0 saturated carbocycles. The van der Waals surface area contributed by atoms with Gasteiger partial charge < -0.3 is 16.2 Å². The quantitative estimate of drug-likeness (QED) is 0.576. The summed E-state index contributed by atoms with van der Waals surface area (Å²) in [6, 6.07) is 5.77. The summed E-state index contributed by atoms with van der Waals surface area (Å²) < 4.78 is 0. The second kappa shape index (κ2) is 3.36. The Labute approximate surface area is 77.6 Å². The predicted molar refractivity (Wildman–Crippen MR) is 52.4 cm³/mol. The molecule has 2 rings (SSSR count). The summed E-state index contributed by atoms with van der Waals surface area (Å²) in [4.78, 5) is 0. The zero-order valence-electron chi connectivity index (χ0n) is 7.46. The van der Waals surface area contributed by atoms with Crippen LogP contribution in [0.15, 0.2) is 18.2 Å². The van der Waals surface area contributed by atoms with E-state index in [0.717, 1.165) is 24.3 Å². The molecule has 0 bridgehead atoms. The van der Waals surface area contributed by atoms with Gasteiger partial charge in [-0.25, -0.2) is 0 Å². The second-order valence-corrected chi connectivity index (χ2v) is 3.47. The monoisotopic (exact) mass is 178 g/mol. The van der Waals surface area contributed by atoms with Crippen LogP contribution in [0, 0.1) is 0 Å². The lowest BCUT2D eigenvalue weighted by Crippen LogP contribution is -2.40. The fraction of sp³-hybridized carbons (Fsp3) is 0.400. The molecule has 1 fully saturated rings. The number of rotatable bonds is 2. The van der Waals surface area contributed by atoms with Gasteiger partial charge in [-0.15, -0.1) is 0 Å². The molecule has 0 amide bonds. The molecule has 0 unspecified atom stereocenters. The first-order valence-corrected chi connectivity index (χ1v) is 4.51. The van der Waals surface area contributed by atoms with Gasteiger partial charge in [-0.3, -0.25) is 0 Å². The molecule has 1 aliphatic rings. The van der Waals surface area contributed by atoms with Crippen LogP contribution < -0.4 is 11.1 Å². The van der Waals surface area contributed by atoms with E-state index in [1.54, 1.807) is 0 Å². The number of nitrogen functional groups attached to an aromatic ring is 1. The van der Waals surface area contributed by atoms with E-state index in [0.29, 0.717) is 5.92 Å². The van der Waals surface area contributed by atoms with Gasteiger partial charge in [0.1, 0.15) is 0 Å². The van der Waals surface area contributed by atoms with Crippen molar-refractivity contribution in [3.8, 4) is 0 Å². The topological polar surface area (TPSA) is 58.3 Å². The van der Waals surface area contributed by atoms with E-state index in [-0.39, 0.29) is 6.61 Å². The first-order valence-electron chi connectivity index (χ1n) is 4.51. The van der Waals surface area contributed by atoms with Gasteiger partial charge in [0.05, 0.1) is 6.61 Å². The number of nitrogens with two attached hydrogens (primary N) is 1. The molecule has 0 atom stereocenters. The standard InChI is InChI=1S/C10H14N2O/c11-9-1-2-10(7(3-9)6-13)8-4-12-5-8/h1-3,8,12-13H,4-6,11H2. The minimum atomic E-state index is 0.0802. The van der Waals surface area contributed by atoms with Crippen LogP contribution in [0.25, 0.3) is 0 Å². The summed E-state index contributed by atoms with van der Waals surface area (Å²) in [7, 11) is 0. The number of aliphatic hydroxyl groups is 1. The van der Waals surface area contributed by atoms with Gasteiger partial charge >= 0.3 is 0 Å². The van der Waals surface area contributed by atoms with E-state index >= 15 is 0 Å². The van der Waals surface area contributed by atoms with Gasteiger partial charge in [-0.1, -0.05) is 6.07 Å². The van der Waals surface area contributed by atoms with Crippen molar-refractivity contribution in [1.29, 1.82) is 0 Å². The van der Waals surface area contributed by atoms with Crippen molar-refractivity contribution in [2.75, 3.05) is 18.8 Å². The Balaban J connectivity index is 2.32. The van der Waals surface area contributed by atoms with E-state index in [4.69, 9.17) is 10.8 Å². The van der Waals surface area contributed by atoms with Crippen LogP contribution in [-0.4, -0.2) is 18.2 Å². The summed E-state index contributed by atoms with van der Waals surface area (Å²) in [5.74, 6) is 0.558. The molecule has 0 aromatic heterocycles. The van der Waals surface area contributed by atoms with Crippen LogP contribution in [0.1, 0.15) is 17.0 Å². The van der Waals surface area contributed by atoms with Crippen molar-refractivity contribution in [3.05, 3.63) is 29.3 Å². The highest BCUT2D eigenvalue weighted by molar-refractivity contribution is 5.46. The normalized spacial score (nSPS) is 17.0. The lowest BCUT2D eigenvalue weighted by molar-refractivity contribution is 0.278. The number of benzene rings is 1. The average molecular weight is 178 g/mol. The number of aliphatic hydroxyl groups excluding tert-OH is 1. The molecule has 1 heterocycles. The van der Waals surface area contributed by atoms with Crippen molar-refractivity contribution < 1.29 is 5.11 Å². The Kier molecular flexibility index (Phi) is 2.20. The maximum absolute atomic E-state index is 9.14. The lowest BCUT2D eigenvalue weighted by atomic mass is 9.90. The minimum Gasteiger partial charge on any atom is -0.399 e. The van der Waals surface area contributed by atoms with Crippen molar-refractivity contribution in [3.63, 3.8) is 0 Å². The highest BCUT2D eigenvalue weighted by Crippen LogP contribution is 2.25. The van der Waals surface area contributed by atoms with Crippen LogP contribution >= 0.6 is 0 Å². The van der Waals surface area contributed by atoms with Crippen molar-refractivity contribution in [2.45, 2.75) is 12.5 Å². The largest absolute Gasteiger partial charge is 0.399 e. The molecule has 0 aliphatic carbocycles. The number of hydrogen-bond donors (Lipinski definition) is 3. The molecule has 1 aromatic carbocycles. The van der Waals surface area contributed by atoms with E-state index in [1.165, 1.54) is 5.56 Å². The van der Waals surface area contributed by atoms with E-state index < -0.39 is 0 Å². The first-order chi connectivity index (χ1) is 6.31. The van der Waals surface area contributed by atoms with Crippen LogP contribution in [-0.2, 0) is 6.61 Å². The first kappa shape index (κ1) is 8.53. The number of nitrogens with one attached hydrogen (secondary N) is 1. The van der Waals surface area contributed by atoms with Crippen LogP contribution in [0.4, 0.5) is 5.69 Å². The minimum absolute atomic E-state index is 0.0802. The molecule has 3 heteroatoms. The molecule has 3 nitrogen and oxygen atoms in total. The maximum atomic E-state index is 9.14. The molecule has 0 radical (unpaired) electrons. The average Bonchev–Trinajstić information content (AvgIpc) is 2.05. The summed E-state index contributed by atoms with van der Waals surface area (Å²) in [5, 5.41) is 12.3. The highest BCUT2D eigenvalue weighted by Gasteiger charge is 2.21. The highest BCUT2D eigenvalue weighted by atomic mass is 16.3. The summed E-state index contributed by atoms with van der Waals surface area (Å²) in [6.45, 7) is 2.10. The van der Waals surface area contributed by atoms with Gasteiger partial charge in [-0.2, -0.15) is 0 Å². The third kappa shape index (κ3) is 1.53. The molecule has 70 valence electrons. The van der Waals surface area contributed by atoms with Crippen molar-refractivity contribution in [1.82, 2.24) is 5.32 Å². The van der Waals surface area contributed by atoms with Crippen LogP contribution in [0.3, 0.4) is 0 Å². The summed E-state index contributed by atoms with van der Waals surface area (Å²) in [6.07, 6.45) is 0. The molecule has 4 N–H and O–H groups in total. The fourth-order valence-electron chi connectivity index (χ4n) is 1.67. The molecule has 13 heavy (non-hydrogen) atoms. The number of hydrogen-bond acceptors (Lipinski definition) is 3. The van der Waals surface area contributed by atoms with E-state index in [1.807, 2.05) is 18.2 Å². The Morgan fingerprint density at radius 3 is 2.77 bits per heavy atom. The number of anilines is 1. The second-order valence-electron chi connectivity index (χ2n) is 3.47. The van der Waals surface area contributed by atoms with E-state index in [2.05, 4.69) is 5.32 Å². The third-order valence-corrected chi connectivity index (χ3v) is 2.56. The summed E-state index contributed by atoms with van der Waals surface area (Å²) in [5.41, 5.74) is 8.55. The Hall–Kier alpha value is -1.06.